The Morgan fingerprint density at radius 2 is 2.53 bits per heavy atom. The zero-order valence-corrected chi connectivity index (χ0v) is 8.49. The zero-order chi connectivity index (χ0) is 10.5. The van der Waals surface area contributed by atoms with Crippen LogP contribution in [0, 0.1) is 11.3 Å². The number of thioether (sulfide) groups is 1. The van der Waals surface area contributed by atoms with Crippen LogP contribution in [-0.4, -0.2) is 25.9 Å². The smallest absolute Gasteiger partial charge is 0.238 e. The lowest BCUT2D eigenvalue weighted by atomic mass is 10.6. The Morgan fingerprint density at radius 3 is 3.27 bits per heavy atom. The van der Waals surface area contributed by atoms with Crippen LogP contribution in [0.3, 0.4) is 0 Å². The van der Waals surface area contributed by atoms with Crippen LogP contribution in [0.1, 0.15) is 5.89 Å². The van der Waals surface area contributed by atoms with Crippen LogP contribution in [0.15, 0.2) is 16.9 Å². The minimum absolute atomic E-state index is 0.415. The van der Waals surface area contributed by atoms with Crippen molar-refractivity contribution in [2.75, 3.05) is 5.75 Å². The summed E-state index contributed by atoms with van der Waals surface area (Å²) in [6, 6.07) is 2.03. The van der Waals surface area contributed by atoms with Gasteiger partial charge in [-0.2, -0.15) is 10.2 Å². The van der Waals surface area contributed by atoms with Gasteiger partial charge in [0.2, 0.25) is 11.7 Å². The van der Waals surface area contributed by atoms with Crippen LogP contribution in [0.2, 0.25) is 0 Å². The highest BCUT2D eigenvalue weighted by atomic mass is 32.2. The van der Waals surface area contributed by atoms with Crippen LogP contribution < -0.4 is 0 Å². The standard InChI is InChI=1S/C8H7N5OS/c9-1-4-15-5-6-12-8(13-14-6)7-10-2-3-11-7/h2-3H,4-5H2,(H,10,11). The van der Waals surface area contributed by atoms with Crippen molar-refractivity contribution in [3.8, 4) is 17.7 Å². The molecule has 0 radical (unpaired) electrons. The summed E-state index contributed by atoms with van der Waals surface area (Å²) >= 11 is 1.43. The quantitative estimate of drug-likeness (QED) is 0.780. The van der Waals surface area contributed by atoms with Gasteiger partial charge < -0.3 is 9.51 Å². The van der Waals surface area contributed by atoms with Crippen molar-refractivity contribution in [2.45, 2.75) is 5.75 Å². The average Bonchev–Trinajstić information content (AvgIpc) is 2.87. The Balaban J connectivity index is 2.02. The lowest BCUT2D eigenvalue weighted by Crippen LogP contribution is -1.84. The second-order valence-electron chi connectivity index (χ2n) is 2.60. The summed E-state index contributed by atoms with van der Waals surface area (Å²) in [6.45, 7) is 0. The van der Waals surface area contributed by atoms with E-state index < -0.39 is 0 Å². The van der Waals surface area contributed by atoms with Gasteiger partial charge in [0.1, 0.15) is 0 Å². The Hall–Kier alpha value is -1.81. The Labute approximate surface area is 89.7 Å². The molecule has 0 unspecified atom stereocenters. The van der Waals surface area contributed by atoms with E-state index in [0.29, 0.717) is 29.0 Å². The van der Waals surface area contributed by atoms with E-state index in [1.807, 2.05) is 6.07 Å². The number of rotatable bonds is 4. The predicted octanol–water partition coefficient (Wildman–Crippen LogP) is 1.22. The molecule has 2 rings (SSSR count). The highest BCUT2D eigenvalue weighted by molar-refractivity contribution is 7.98. The van der Waals surface area contributed by atoms with E-state index in [0.717, 1.165) is 0 Å². The normalized spacial score (nSPS) is 10.1. The van der Waals surface area contributed by atoms with E-state index in [9.17, 15) is 0 Å². The molecule has 0 atom stereocenters. The van der Waals surface area contributed by atoms with Crippen LogP contribution in [-0.2, 0) is 5.75 Å². The molecule has 2 aromatic heterocycles. The van der Waals surface area contributed by atoms with Gasteiger partial charge >= 0.3 is 0 Å². The van der Waals surface area contributed by atoms with E-state index in [4.69, 9.17) is 9.78 Å². The van der Waals surface area contributed by atoms with Gasteiger partial charge in [-0.05, 0) is 0 Å². The molecule has 6 nitrogen and oxygen atoms in total. The van der Waals surface area contributed by atoms with Crippen LogP contribution in [0.25, 0.3) is 11.6 Å². The fraction of sp³-hybridized carbons (Fsp3) is 0.250. The summed E-state index contributed by atoms with van der Waals surface area (Å²) in [5.41, 5.74) is 0. The van der Waals surface area contributed by atoms with E-state index >= 15 is 0 Å². The van der Waals surface area contributed by atoms with Crippen LogP contribution >= 0.6 is 11.8 Å². The van der Waals surface area contributed by atoms with Crippen molar-refractivity contribution in [2.24, 2.45) is 0 Å². The minimum Gasteiger partial charge on any atom is -0.342 e. The molecule has 2 heterocycles. The summed E-state index contributed by atoms with van der Waals surface area (Å²) in [4.78, 5) is 11.0. The first-order valence-corrected chi connectivity index (χ1v) is 5.32. The summed E-state index contributed by atoms with van der Waals surface area (Å²) in [7, 11) is 0. The van der Waals surface area contributed by atoms with Gasteiger partial charge in [-0.1, -0.05) is 5.16 Å². The molecule has 0 saturated carbocycles. The van der Waals surface area contributed by atoms with Gasteiger partial charge in [0, 0.05) is 12.4 Å². The minimum atomic E-state index is 0.415. The van der Waals surface area contributed by atoms with Crippen molar-refractivity contribution in [3.63, 3.8) is 0 Å². The number of nitrogens with one attached hydrogen (secondary N) is 1. The molecule has 0 fully saturated rings. The number of hydrogen-bond donors (Lipinski definition) is 1. The zero-order valence-electron chi connectivity index (χ0n) is 7.67. The number of nitriles is 1. The number of hydrogen-bond acceptors (Lipinski definition) is 6. The van der Waals surface area contributed by atoms with Gasteiger partial charge in [-0.3, -0.25) is 0 Å². The van der Waals surface area contributed by atoms with Crippen molar-refractivity contribution in [1.82, 2.24) is 20.1 Å². The Kier molecular flexibility index (Phi) is 2.99. The van der Waals surface area contributed by atoms with Gasteiger partial charge in [-0.15, -0.1) is 11.8 Å². The Bertz CT molecular complexity index is 458. The Morgan fingerprint density at radius 1 is 1.60 bits per heavy atom. The molecule has 0 aliphatic carbocycles. The van der Waals surface area contributed by atoms with Crippen molar-refractivity contribution in [3.05, 3.63) is 18.3 Å². The molecule has 15 heavy (non-hydrogen) atoms. The highest BCUT2D eigenvalue weighted by Crippen LogP contribution is 2.13. The van der Waals surface area contributed by atoms with Crippen LogP contribution in [0.5, 0.6) is 0 Å². The second-order valence-corrected chi connectivity index (χ2v) is 3.59. The molecule has 0 amide bonds. The molecular formula is C8H7N5OS. The molecular weight excluding hydrogens is 214 g/mol. The molecule has 0 aliphatic rings. The first kappa shape index (κ1) is 9.73. The van der Waals surface area contributed by atoms with E-state index in [1.54, 1.807) is 12.4 Å². The lowest BCUT2D eigenvalue weighted by molar-refractivity contribution is 0.391. The lowest BCUT2D eigenvalue weighted by Gasteiger charge is -1.87. The maximum Gasteiger partial charge on any atom is 0.238 e. The number of aromatic nitrogens is 4. The third-order valence-electron chi connectivity index (χ3n) is 1.57. The van der Waals surface area contributed by atoms with Crippen molar-refractivity contribution < 1.29 is 4.52 Å². The fourth-order valence-corrected chi connectivity index (χ4v) is 1.47. The topological polar surface area (TPSA) is 91.4 Å². The molecule has 0 saturated heterocycles. The largest absolute Gasteiger partial charge is 0.342 e. The first-order valence-electron chi connectivity index (χ1n) is 4.17. The first-order chi connectivity index (χ1) is 7.40. The summed E-state index contributed by atoms with van der Waals surface area (Å²) in [5, 5.41) is 12.1. The third kappa shape index (κ3) is 2.35. The van der Waals surface area contributed by atoms with Gasteiger partial charge in [0.15, 0.2) is 5.82 Å². The third-order valence-corrected chi connectivity index (χ3v) is 2.35. The molecule has 0 aliphatic heterocycles. The number of aromatic amines is 1. The molecule has 0 spiro atoms. The maximum absolute atomic E-state index is 8.35. The molecule has 0 bridgehead atoms. The van der Waals surface area contributed by atoms with Gasteiger partial charge in [0.25, 0.3) is 0 Å². The second kappa shape index (κ2) is 4.61. The maximum atomic E-state index is 8.35. The summed E-state index contributed by atoms with van der Waals surface area (Å²) in [6.07, 6.45) is 3.31. The highest BCUT2D eigenvalue weighted by Gasteiger charge is 2.09. The predicted molar refractivity (Wildman–Crippen MR) is 53.7 cm³/mol. The molecule has 7 heteroatoms. The summed E-state index contributed by atoms with van der Waals surface area (Å²) < 4.78 is 4.98. The van der Waals surface area contributed by atoms with Crippen molar-refractivity contribution >= 4 is 11.8 Å². The molecule has 1 N–H and O–H groups in total. The molecule has 0 aromatic carbocycles. The molecule has 2 aromatic rings. The van der Waals surface area contributed by atoms with Gasteiger partial charge in [0.05, 0.1) is 17.6 Å². The molecule has 76 valence electrons. The number of imidazole rings is 1. The van der Waals surface area contributed by atoms with Crippen molar-refractivity contribution in [1.29, 1.82) is 5.26 Å². The average molecular weight is 221 g/mol. The number of H-pyrrole nitrogens is 1. The number of nitrogens with zero attached hydrogens (tertiary/aromatic N) is 4. The fourth-order valence-electron chi connectivity index (χ4n) is 0.981. The summed E-state index contributed by atoms with van der Waals surface area (Å²) in [5.74, 6) is 2.48. The van der Waals surface area contributed by atoms with Crippen LogP contribution in [0.4, 0.5) is 0 Å². The SMILES string of the molecule is N#CCSCc1nc(-c2ncc[nH]2)no1. The van der Waals surface area contributed by atoms with E-state index in [-0.39, 0.29) is 0 Å². The monoisotopic (exact) mass is 221 g/mol. The van der Waals surface area contributed by atoms with Gasteiger partial charge in [-0.25, -0.2) is 4.98 Å². The van der Waals surface area contributed by atoms with E-state index in [1.165, 1.54) is 11.8 Å². The van der Waals surface area contributed by atoms with E-state index in [2.05, 4.69) is 20.1 Å².